The van der Waals surface area contributed by atoms with Gasteiger partial charge in [0, 0.05) is 57.7 Å². The molecule has 1 saturated heterocycles. The van der Waals surface area contributed by atoms with E-state index in [1.54, 1.807) is 38.8 Å². The summed E-state index contributed by atoms with van der Waals surface area (Å²) in [6.45, 7) is 8.66. The normalized spacial score (nSPS) is 13.7. The van der Waals surface area contributed by atoms with E-state index in [4.69, 9.17) is 16.3 Å². The van der Waals surface area contributed by atoms with Crippen LogP contribution in [-0.2, 0) is 16.1 Å². The van der Waals surface area contributed by atoms with Crippen LogP contribution < -0.4 is 15.1 Å². The summed E-state index contributed by atoms with van der Waals surface area (Å²) in [4.78, 5) is 39.4. The van der Waals surface area contributed by atoms with Gasteiger partial charge in [0.2, 0.25) is 11.9 Å². The van der Waals surface area contributed by atoms with Crippen molar-refractivity contribution in [3.8, 4) is 11.1 Å². The minimum Gasteiger partial charge on any atom is -0.444 e. The third kappa shape index (κ3) is 8.00. The van der Waals surface area contributed by atoms with E-state index in [0.29, 0.717) is 17.6 Å². The second kappa shape index (κ2) is 12.2. The molecule has 1 aliphatic heterocycles. The van der Waals surface area contributed by atoms with Gasteiger partial charge in [-0.3, -0.25) is 4.79 Å². The van der Waals surface area contributed by atoms with Gasteiger partial charge in [-0.1, -0.05) is 29.8 Å². The number of ether oxygens (including phenoxy) is 1. The lowest BCUT2D eigenvalue weighted by Crippen LogP contribution is -2.47. The number of amides is 2. The number of piperazine rings is 1. The average Bonchev–Trinajstić information content (AvgIpc) is 2.91. The fourth-order valence-corrected chi connectivity index (χ4v) is 4.16. The van der Waals surface area contributed by atoms with E-state index < -0.39 is 11.7 Å². The van der Waals surface area contributed by atoms with Crippen LogP contribution in [0.25, 0.3) is 11.1 Å². The van der Waals surface area contributed by atoms with Gasteiger partial charge in [-0.05, 0) is 50.1 Å². The lowest BCUT2D eigenvalue weighted by atomic mass is 10.1. The van der Waals surface area contributed by atoms with Crippen molar-refractivity contribution in [2.45, 2.75) is 32.9 Å². The number of anilines is 2. The maximum absolute atomic E-state index is 12.5. The number of benzene rings is 1. The predicted molar refractivity (Wildman–Crippen MR) is 150 cm³/mol. The first-order valence-electron chi connectivity index (χ1n) is 12.7. The van der Waals surface area contributed by atoms with Crippen LogP contribution in [0.15, 0.2) is 48.8 Å². The zero-order chi connectivity index (χ0) is 28.0. The Morgan fingerprint density at radius 3 is 2.33 bits per heavy atom. The van der Waals surface area contributed by atoms with Gasteiger partial charge in [0.1, 0.15) is 12.1 Å². The topological polar surface area (TPSA) is 117 Å². The van der Waals surface area contributed by atoms with E-state index in [1.165, 1.54) is 0 Å². The number of rotatable bonds is 7. The van der Waals surface area contributed by atoms with Gasteiger partial charge in [0.05, 0.1) is 0 Å². The van der Waals surface area contributed by atoms with Crippen molar-refractivity contribution in [3.05, 3.63) is 59.5 Å². The Bertz CT molecular complexity index is 1270. The number of carbonyl (C=O) groups is 2. The molecular weight excluding hydrogens is 520 g/mol. The lowest BCUT2D eigenvalue weighted by molar-refractivity contribution is -0.129. The molecule has 0 atom stereocenters. The van der Waals surface area contributed by atoms with Gasteiger partial charge in [-0.15, -0.1) is 10.2 Å². The van der Waals surface area contributed by atoms with Crippen molar-refractivity contribution < 1.29 is 14.3 Å². The summed E-state index contributed by atoms with van der Waals surface area (Å²) in [7, 11) is 1.70. The zero-order valence-corrected chi connectivity index (χ0v) is 23.4. The van der Waals surface area contributed by atoms with Gasteiger partial charge in [0.25, 0.3) is 0 Å². The largest absolute Gasteiger partial charge is 0.444 e. The Morgan fingerprint density at radius 2 is 1.69 bits per heavy atom. The number of hydrogen-bond donors (Lipinski definition) is 1. The molecule has 12 heteroatoms. The molecule has 1 N–H and O–H groups in total. The third-order valence-corrected chi connectivity index (χ3v) is 6.23. The minimum atomic E-state index is -0.621. The number of nitrogens with one attached hydrogen (secondary N) is 1. The molecule has 206 valence electrons. The Morgan fingerprint density at radius 1 is 1.00 bits per heavy atom. The van der Waals surface area contributed by atoms with Gasteiger partial charge in [-0.2, -0.15) is 0 Å². The first kappa shape index (κ1) is 28.0. The molecule has 2 aromatic heterocycles. The molecule has 0 unspecified atom stereocenters. The predicted octanol–water partition coefficient (Wildman–Crippen LogP) is 3.40. The van der Waals surface area contributed by atoms with Gasteiger partial charge in [-0.25, -0.2) is 14.8 Å². The van der Waals surface area contributed by atoms with Crippen LogP contribution in [0, 0.1) is 0 Å². The number of carbonyl (C=O) groups excluding carboxylic acids is 2. The van der Waals surface area contributed by atoms with Crippen molar-refractivity contribution in [1.29, 1.82) is 0 Å². The van der Waals surface area contributed by atoms with Crippen LogP contribution >= 0.6 is 11.6 Å². The molecule has 2 amide bonds. The maximum atomic E-state index is 12.5. The summed E-state index contributed by atoms with van der Waals surface area (Å²) in [5.74, 6) is 1.27. The molecule has 0 aliphatic carbocycles. The Kier molecular flexibility index (Phi) is 8.80. The average molecular weight is 553 g/mol. The van der Waals surface area contributed by atoms with Crippen molar-refractivity contribution in [1.82, 2.24) is 30.4 Å². The molecular formula is C27H33ClN8O3. The summed E-state index contributed by atoms with van der Waals surface area (Å²) in [6.07, 6.45) is 3.02. The lowest BCUT2D eigenvalue weighted by Gasteiger charge is -2.35. The zero-order valence-electron chi connectivity index (χ0n) is 22.6. The molecule has 0 bridgehead atoms. The summed E-state index contributed by atoms with van der Waals surface area (Å²) in [5.41, 5.74) is 2.17. The maximum Gasteiger partial charge on any atom is 0.408 e. The number of alkyl carbamates (subject to hydrolysis) is 1. The summed E-state index contributed by atoms with van der Waals surface area (Å²) >= 11 is 5.84. The second-order valence-corrected chi connectivity index (χ2v) is 10.7. The Balaban J connectivity index is 1.30. The highest BCUT2D eigenvalue weighted by Gasteiger charge is 2.21. The van der Waals surface area contributed by atoms with Crippen LogP contribution in [0.2, 0.25) is 5.15 Å². The number of likely N-dealkylation sites (N-methyl/N-ethyl adjacent to an activating group) is 1. The van der Waals surface area contributed by atoms with E-state index in [2.05, 4.69) is 35.3 Å². The Hall–Kier alpha value is -3.99. The number of hydrogen-bond acceptors (Lipinski definition) is 9. The standard InChI is InChI=1S/C27H33ClN8O3/c1-27(2,3)39-26(38)31-17-24(37)34(4)18-19-6-5-7-20(14-19)21-15-29-25(30-16-21)36-12-10-35(11-13-36)23-9-8-22(28)32-33-23/h5-9,14-16H,10-13,17-18H2,1-4H3,(H,31,38). The SMILES string of the molecule is CN(Cc1cccc(-c2cnc(N3CCN(c4ccc(Cl)nn4)CC3)nc2)c1)C(=O)CNC(=O)OC(C)(C)C. The van der Waals surface area contributed by atoms with Crippen molar-refractivity contribution >= 4 is 35.4 Å². The highest BCUT2D eigenvalue weighted by Crippen LogP contribution is 2.22. The van der Waals surface area contributed by atoms with E-state index in [0.717, 1.165) is 48.7 Å². The minimum absolute atomic E-state index is 0.137. The Labute approximate surface area is 233 Å². The first-order valence-corrected chi connectivity index (χ1v) is 13.1. The van der Waals surface area contributed by atoms with E-state index >= 15 is 0 Å². The molecule has 3 aromatic rings. The monoisotopic (exact) mass is 552 g/mol. The highest BCUT2D eigenvalue weighted by molar-refractivity contribution is 6.29. The number of halogens is 1. The molecule has 1 fully saturated rings. The van der Waals surface area contributed by atoms with Crippen LogP contribution in [-0.4, -0.2) is 82.4 Å². The third-order valence-electron chi connectivity index (χ3n) is 6.03. The molecule has 0 saturated carbocycles. The molecule has 4 rings (SSSR count). The smallest absolute Gasteiger partial charge is 0.408 e. The van der Waals surface area contributed by atoms with Crippen LogP contribution in [0.4, 0.5) is 16.6 Å². The van der Waals surface area contributed by atoms with E-state index in [-0.39, 0.29) is 12.5 Å². The molecule has 0 radical (unpaired) electrons. The fourth-order valence-electron chi connectivity index (χ4n) is 4.05. The molecule has 11 nitrogen and oxygen atoms in total. The molecule has 1 aliphatic rings. The summed E-state index contributed by atoms with van der Waals surface area (Å²) in [5, 5.41) is 11.0. The summed E-state index contributed by atoms with van der Waals surface area (Å²) < 4.78 is 5.18. The number of nitrogens with zero attached hydrogens (tertiary/aromatic N) is 7. The van der Waals surface area contributed by atoms with Crippen LogP contribution in [0.1, 0.15) is 26.3 Å². The first-order chi connectivity index (χ1) is 18.6. The van der Waals surface area contributed by atoms with Crippen molar-refractivity contribution in [2.75, 3.05) is 49.6 Å². The quantitative estimate of drug-likeness (QED) is 0.470. The van der Waals surface area contributed by atoms with Gasteiger partial charge < -0.3 is 24.8 Å². The molecule has 3 heterocycles. The van der Waals surface area contributed by atoms with E-state index in [9.17, 15) is 9.59 Å². The molecule has 39 heavy (non-hydrogen) atoms. The molecule has 1 aromatic carbocycles. The van der Waals surface area contributed by atoms with Crippen molar-refractivity contribution in [3.63, 3.8) is 0 Å². The van der Waals surface area contributed by atoms with Gasteiger partial charge >= 0.3 is 6.09 Å². The van der Waals surface area contributed by atoms with Gasteiger partial charge in [0.15, 0.2) is 11.0 Å². The van der Waals surface area contributed by atoms with E-state index in [1.807, 2.05) is 42.7 Å². The highest BCUT2D eigenvalue weighted by atomic mass is 35.5. The number of aromatic nitrogens is 4. The van der Waals surface area contributed by atoms with Crippen LogP contribution in [0.5, 0.6) is 0 Å². The second-order valence-electron chi connectivity index (χ2n) is 10.3. The molecule has 0 spiro atoms. The summed E-state index contributed by atoms with van der Waals surface area (Å²) in [6, 6.07) is 11.5. The fraction of sp³-hybridized carbons (Fsp3) is 0.407. The van der Waals surface area contributed by atoms with Crippen LogP contribution in [0.3, 0.4) is 0 Å². The van der Waals surface area contributed by atoms with Crippen molar-refractivity contribution in [2.24, 2.45) is 0 Å².